The van der Waals surface area contributed by atoms with Crippen LogP contribution in [0.15, 0.2) is 129 Å². The van der Waals surface area contributed by atoms with Gasteiger partial charge >= 0.3 is 0 Å². The van der Waals surface area contributed by atoms with E-state index in [1.165, 1.54) is 0 Å². The molecular weight excluding hydrogens is 571 g/mol. The van der Waals surface area contributed by atoms with E-state index >= 15 is 0 Å². The SMILES string of the molecule is Nc1ccc(Sc2cc(C=C3Sc4ccccc4N3CCCS(=O)(=O)[O-])c3ccccc3[n+]2-c2ccccc2)cc1. The van der Waals surface area contributed by atoms with Crippen LogP contribution < -0.4 is 15.2 Å². The zero-order valence-electron chi connectivity index (χ0n) is 22.0. The first-order valence-corrected chi connectivity index (χ1v) is 16.3. The van der Waals surface area contributed by atoms with E-state index in [-0.39, 0.29) is 6.42 Å². The van der Waals surface area contributed by atoms with Gasteiger partial charge in [0.05, 0.1) is 26.2 Å². The quantitative estimate of drug-likeness (QED) is 0.121. The molecular formula is C32H27N3O3S3. The van der Waals surface area contributed by atoms with Gasteiger partial charge in [-0.3, -0.25) is 0 Å². The van der Waals surface area contributed by atoms with Gasteiger partial charge in [0.15, 0.2) is 0 Å². The van der Waals surface area contributed by atoms with Crippen LogP contribution in [0.1, 0.15) is 12.0 Å². The third kappa shape index (κ3) is 6.13. The molecule has 9 heteroatoms. The zero-order valence-corrected chi connectivity index (χ0v) is 24.5. The van der Waals surface area contributed by atoms with Crippen LogP contribution in [0.3, 0.4) is 0 Å². The first-order chi connectivity index (χ1) is 19.9. The molecule has 0 radical (unpaired) electrons. The summed E-state index contributed by atoms with van der Waals surface area (Å²) in [6.45, 7) is 0.430. The van der Waals surface area contributed by atoms with Gasteiger partial charge in [0.2, 0.25) is 11.2 Å². The molecule has 0 amide bonds. The molecule has 4 aromatic carbocycles. The molecule has 5 aromatic rings. The lowest BCUT2D eigenvalue weighted by Gasteiger charge is -2.21. The molecule has 0 bridgehead atoms. The van der Waals surface area contributed by atoms with E-state index in [1.54, 1.807) is 23.5 Å². The Morgan fingerprint density at radius 1 is 0.902 bits per heavy atom. The maximum absolute atomic E-state index is 11.3. The first-order valence-electron chi connectivity index (χ1n) is 13.1. The Morgan fingerprint density at radius 2 is 1.61 bits per heavy atom. The maximum atomic E-state index is 11.3. The van der Waals surface area contributed by atoms with Crippen molar-refractivity contribution in [2.75, 3.05) is 22.9 Å². The van der Waals surface area contributed by atoms with Gasteiger partial charge in [0, 0.05) is 52.0 Å². The Kier molecular flexibility index (Phi) is 7.77. The van der Waals surface area contributed by atoms with Crippen molar-refractivity contribution in [1.82, 2.24) is 0 Å². The van der Waals surface area contributed by atoms with Gasteiger partial charge < -0.3 is 15.2 Å². The van der Waals surface area contributed by atoms with Crippen molar-refractivity contribution in [2.24, 2.45) is 0 Å². The molecule has 206 valence electrons. The highest BCUT2D eigenvalue weighted by atomic mass is 32.2. The highest BCUT2D eigenvalue weighted by molar-refractivity contribution is 8.04. The molecule has 0 spiro atoms. The van der Waals surface area contributed by atoms with E-state index in [4.69, 9.17) is 5.73 Å². The molecule has 0 atom stereocenters. The van der Waals surface area contributed by atoms with Crippen LogP contribution >= 0.6 is 23.5 Å². The van der Waals surface area contributed by atoms with Gasteiger partial charge in [-0.25, -0.2) is 8.42 Å². The monoisotopic (exact) mass is 597 g/mol. The fourth-order valence-electron chi connectivity index (χ4n) is 4.92. The molecule has 2 N–H and O–H groups in total. The highest BCUT2D eigenvalue weighted by Gasteiger charge is 2.27. The Hall–Kier alpha value is -3.76. The predicted octanol–water partition coefficient (Wildman–Crippen LogP) is 6.70. The lowest BCUT2D eigenvalue weighted by atomic mass is 10.1. The summed E-state index contributed by atoms with van der Waals surface area (Å²) < 4.78 is 36.2. The summed E-state index contributed by atoms with van der Waals surface area (Å²) >= 11 is 3.32. The van der Waals surface area contributed by atoms with Crippen molar-refractivity contribution in [3.8, 4) is 5.69 Å². The summed E-state index contributed by atoms with van der Waals surface area (Å²) in [7, 11) is -4.28. The fraction of sp³-hybridized carbons (Fsp3) is 0.0938. The van der Waals surface area contributed by atoms with Crippen LogP contribution in [-0.2, 0) is 10.1 Å². The number of anilines is 2. The second kappa shape index (κ2) is 11.6. The molecule has 0 saturated carbocycles. The van der Waals surface area contributed by atoms with Crippen molar-refractivity contribution in [3.05, 3.63) is 120 Å². The lowest BCUT2D eigenvalue weighted by Crippen LogP contribution is -2.34. The van der Waals surface area contributed by atoms with Crippen molar-refractivity contribution >= 4 is 62.0 Å². The third-order valence-electron chi connectivity index (χ3n) is 6.76. The van der Waals surface area contributed by atoms with Crippen molar-refractivity contribution in [2.45, 2.75) is 21.2 Å². The topological polar surface area (TPSA) is 90.3 Å². The molecule has 0 fully saturated rings. The molecule has 6 rings (SSSR count). The summed E-state index contributed by atoms with van der Waals surface area (Å²) in [5.74, 6) is -0.392. The number of aromatic nitrogens is 1. The Bertz CT molecular complexity index is 1860. The second-order valence-corrected chi connectivity index (χ2v) is 13.3. The summed E-state index contributed by atoms with van der Waals surface area (Å²) in [6, 6.07) is 36.8. The van der Waals surface area contributed by atoms with E-state index in [9.17, 15) is 13.0 Å². The average molecular weight is 598 g/mol. The number of para-hydroxylation sites is 3. The molecule has 41 heavy (non-hydrogen) atoms. The largest absolute Gasteiger partial charge is 0.748 e. The summed E-state index contributed by atoms with van der Waals surface area (Å²) in [6.07, 6.45) is 2.42. The molecule has 2 heterocycles. The molecule has 1 aliphatic heterocycles. The minimum Gasteiger partial charge on any atom is -0.748 e. The van der Waals surface area contributed by atoms with E-state index in [2.05, 4.69) is 51.9 Å². The lowest BCUT2D eigenvalue weighted by molar-refractivity contribution is -0.608. The predicted molar refractivity (Wildman–Crippen MR) is 167 cm³/mol. The van der Waals surface area contributed by atoms with Crippen LogP contribution in [0.4, 0.5) is 11.4 Å². The highest BCUT2D eigenvalue weighted by Crippen LogP contribution is 2.47. The fourth-order valence-corrected chi connectivity index (χ4v) is 7.54. The Balaban J connectivity index is 1.50. The second-order valence-electron chi connectivity index (χ2n) is 9.62. The third-order valence-corrected chi connectivity index (χ3v) is 9.68. The van der Waals surface area contributed by atoms with Crippen LogP contribution in [-0.4, -0.2) is 25.3 Å². The van der Waals surface area contributed by atoms with Crippen LogP contribution in [0, 0.1) is 0 Å². The Labute approximate surface area is 248 Å². The summed E-state index contributed by atoms with van der Waals surface area (Å²) in [5, 5.41) is 3.11. The number of pyridine rings is 1. The van der Waals surface area contributed by atoms with Gasteiger partial charge in [-0.2, -0.15) is 0 Å². The smallest absolute Gasteiger partial charge is 0.251 e. The van der Waals surface area contributed by atoms with Crippen molar-refractivity contribution in [3.63, 3.8) is 0 Å². The minimum atomic E-state index is -4.28. The number of nitrogens with two attached hydrogens (primary N) is 1. The number of nitrogen functional groups attached to an aromatic ring is 1. The van der Waals surface area contributed by atoms with Crippen molar-refractivity contribution in [1.29, 1.82) is 0 Å². The summed E-state index contributed by atoms with van der Waals surface area (Å²) in [5.41, 5.74) is 10.9. The number of nitrogens with zero attached hydrogens (tertiary/aromatic N) is 2. The van der Waals surface area contributed by atoms with E-state index in [0.29, 0.717) is 6.54 Å². The van der Waals surface area contributed by atoms with Gasteiger partial charge in [-0.05, 0) is 72.3 Å². The summed E-state index contributed by atoms with van der Waals surface area (Å²) in [4.78, 5) is 4.28. The van der Waals surface area contributed by atoms with Gasteiger partial charge in [0.25, 0.3) is 5.03 Å². The van der Waals surface area contributed by atoms with Gasteiger partial charge in [-0.1, -0.05) is 54.2 Å². The molecule has 1 aromatic heterocycles. The number of fused-ring (bicyclic) bond motifs is 2. The van der Waals surface area contributed by atoms with Gasteiger partial charge in [0.1, 0.15) is 0 Å². The number of hydrogen-bond acceptors (Lipinski definition) is 7. The normalized spacial score (nSPS) is 14.1. The first kappa shape index (κ1) is 27.4. The number of rotatable bonds is 8. The van der Waals surface area contributed by atoms with Crippen molar-refractivity contribution < 1.29 is 17.5 Å². The maximum Gasteiger partial charge on any atom is 0.251 e. The van der Waals surface area contributed by atoms with Crippen LogP contribution in [0.25, 0.3) is 22.7 Å². The van der Waals surface area contributed by atoms with E-state index in [0.717, 1.165) is 53.4 Å². The molecule has 0 unspecified atom stereocenters. The van der Waals surface area contributed by atoms with Crippen LogP contribution in [0.5, 0.6) is 0 Å². The van der Waals surface area contributed by atoms with Crippen LogP contribution in [0.2, 0.25) is 0 Å². The molecule has 0 saturated heterocycles. The Morgan fingerprint density at radius 3 is 2.39 bits per heavy atom. The van der Waals surface area contributed by atoms with E-state index in [1.807, 2.05) is 72.8 Å². The van der Waals surface area contributed by atoms with E-state index < -0.39 is 15.9 Å². The molecule has 6 nitrogen and oxygen atoms in total. The zero-order chi connectivity index (χ0) is 28.4. The number of benzene rings is 4. The molecule has 0 aliphatic carbocycles. The number of hydrogen-bond donors (Lipinski definition) is 1. The standard InChI is InChI=1S/C32H27N3O3S3/c33-24-15-17-26(18-16-24)39-32-22-23(27-11-4-5-12-28(27)35(32)25-9-2-1-3-10-25)21-31-34(19-8-20-41(36,37)38)29-13-6-7-14-30(29)40-31/h1-7,9-18,21-22H,8,19-20,33H2. The average Bonchev–Trinajstić information content (AvgIpc) is 3.31. The van der Waals surface area contributed by atoms with Gasteiger partial charge in [-0.15, -0.1) is 4.57 Å². The minimum absolute atomic E-state index is 0.250. The number of thioether (sulfide) groups is 1. The molecule has 1 aliphatic rings.